The van der Waals surface area contributed by atoms with Crippen LogP contribution >= 0.6 is 0 Å². The van der Waals surface area contributed by atoms with Crippen molar-refractivity contribution in [3.05, 3.63) is 12.3 Å². The number of carbonyl (C=O) groups is 2. The largest absolute Gasteiger partial charge is 1.00 e. The molecule has 0 heterocycles. The summed E-state index contributed by atoms with van der Waals surface area (Å²) in [5.74, 6) is -1.94. The normalized spacial score (nSPS) is 7.30. The Labute approximate surface area is 80.6 Å². The minimum atomic E-state index is -1.47. The van der Waals surface area contributed by atoms with Crippen LogP contribution in [0.2, 0.25) is 0 Å². The van der Waals surface area contributed by atoms with E-state index in [-0.39, 0.29) is 29.6 Å². The van der Waals surface area contributed by atoms with E-state index >= 15 is 0 Å². The van der Waals surface area contributed by atoms with Gasteiger partial charge in [-0.15, -0.1) is 0 Å². The molecule has 0 aliphatic rings. The van der Waals surface area contributed by atoms with Gasteiger partial charge < -0.3 is 15.2 Å². The molecule has 50 valence electrons. The second kappa shape index (κ2) is 5.46. The van der Waals surface area contributed by atoms with Crippen molar-refractivity contribution in [1.29, 1.82) is 0 Å². The Hall–Kier alpha value is -0.320. The van der Waals surface area contributed by atoms with Crippen molar-refractivity contribution in [3.8, 4) is 0 Å². The van der Waals surface area contributed by atoms with Crippen LogP contribution in [0.5, 0.6) is 0 Å². The average molecular weight is 151 g/mol. The molecule has 0 aromatic rings. The number of rotatable bonds is 2. The molecule has 0 unspecified atom stereocenters. The Morgan fingerprint density at radius 2 is 1.90 bits per heavy atom. The molecule has 0 aromatic carbocycles. The Morgan fingerprint density at radius 1 is 1.50 bits per heavy atom. The molecule has 0 rings (SSSR count). The van der Waals surface area contributed by atoms with Crippen LogP contribution in [0.25, 0.3) is 0 Å². The van der Waals surface area contributed by atoms with Crippen LogP contribution in [-0.4, -0.2) is 11.9 Å². The summed E-state index contributed by atoms with van der Waals surface area (Å²) < 4.78 is 0. The van der Waals surface area contributed by atoms with Crippen molar-refractivity contribution >= 4 is 11.9 Å². The van der Waals surface area contributed by atoms with Crippen LogP contribution in [0.4, 0.5) is 0 Å². The van der Waals surface area contributed by atoms with E-state index in [0.29, 0.717) is 0 Å². The van der Waals surface area contributed by atoms with Gasteiger partial charge in [0.25, 0.3) is 0 Å². The predicted molar refractivity (Wildman–Crippen MR) is 28.0 cm³/mol. The van der Waals surface area contributed by atoms with Gasteiger partial charge in [-0.2, -0.15) is 0 Å². The van der Waals surface area contributed by atoms with Crippen LogP contribution < -0.4 is 40.0 Å². The van der Waals surface area contributed by atoms with E-state index in [1.807, 2.05) is 5.32 Å². The molecular weight excluding hydrogens is 145 g/mol. The number of aliphatic carboxylic acids is 1. The number of nitrogens with one attached hydrogen (secondary N) is 1. The number of carboxylic acids is 1. The summed E-state index contributed by atoms with van der Waals surface area (Å²) in [5, 5.41) is 11.8. The maximum atomic E-state index is 10.1. The van der Waals surface area contributed by atoms with Gasteiger partial charge in [0, 0.05) is 6.92 Å². The Kier molecular flexibility index (Phi) is 6.76. The molecular formula is C5H6NNaO3. The first-order valence-electron chi connectivity index (χ1n) is 2.22. The molecule has 0 radical (unpaired) electrons. The molecule has 0 spiro atoms. The van der Waals surface area contributed by atoms with Gasteiger partial charge in [0.2, 0.25) is 5.91 Å². The van der Waals surface area contributed by atoms with E-state index < -0.39 is 17.6 Å². The summed E-state index contributed by atoms with van der Waals surface area (Å²) >= 11 is 0. The smallest absolute Gasteiger partial charge is 0.543 e. The summed E-state index contributed by atoms with van der Waals surface area (Å²) in [5.41, 5.74) is -0.414. The summed E-state index contributed by atoms with van der Waals surface area (Å²) in [6.45, 7) is 4.19. The molecule has 0 atom stereocenters. The van der Waals surface area contributed by atoms with E-state index in [2.05, 4.69) is 6.58 Å². The fourth-order valence-electron chi connectivity index (χ4n) is 0.264. The van der Waals surface area contributed by atoms with Gasteiger partial charge in [-0.25, -0.2) is 0 Å². The topological polar surface area (TPSA) is 69.2 Å². The zero-order chi connectivity index (χ0) is 7.44. The fourth-order valence-corrected chi connectivity index (χ4v) is 0.264. The molecule has 5 heteroatoms. The molecule has 1 amide bonds. The van der Waals surface area contributed by atoms with E-state index in [0.717, 1.165) is 0 Å². The zero-order valence-electron chi connectivity index (χ0n) is 5.93. The Morgan fingerprint density at radius 3 is 2.00 bits per heavy atom. The number of amides is 1. The van der Waals surface area contributed by atoms with Gasteiger partial charge >= 0.3 is 29.6 Å². The first-order valence-corrected chi connectivity index (χ1v) is 2.22. The quantitative estimate of drug-likeness (QED) is 0.319. The minimum absolute atomic E-state index is 0. The monoisotopic (exact) mass is 151 g/mol. The molecule has 4 nitrogen and oxygen atoms in total. The number of carbonyl (C=O) groups excluding carboxylic acids is 2. The third-order valence-corrected chi connectivity index (χ3v) is 0.573. The third kappa shape index (κ3) is 5.81. The first-order chi connectivity index (χ1) is 4.04. The first kappa shape index (κ1) is 12.4. The molecule has 1 N–H and O–H groups in total. The average Bonchev–Trinajstić information content (AvgIpc) is 1.63. The second-order valence-corrected chi connectivity index (χ2v) is 1.45. The molecule has 0 saturated carbocycles. The van der Waals surface area contributed by atoms with Gasteiger partial charge in [0.15, 0.2) is 0 Å². The number of hydrogen-bond donors (Lipinski definition) is 1. The van der Waals surface area contributed by atoms with E-state index in [4.69, 9.17) is 0 Å². The molecule has 0 saturated heterocycles. The fraction of sp³-hybridized carbons (Fsp3) is 0.200. The molecule has 10 heavy (non-hydrogen) atoms. The maximum absolute atomic E-state index is 10.1. The third-order valence-electron chi connectivity index (χ3n) is 0.573. The molecule has 0 aliphatic carbocycles. The van der Waals surface area contributed by atoms with Gasteiger partial charge in [0.05, 0.1) is 11.7 Å². The van der Waals surface area contributed by atoms with Crippen LogP contribution in [-0.2, 0) is 9.59 Å². The molecule has 0 aromatic heterocycles. The molecule has 0 fully saturated rings. The van der Waals surface area contributed by atoms with Crippen molar-refractivity contribution < 1.29 is 44.3 Å². The van der Waals surface area contributed by atoms with E-state index in [1.54, 1.807) is 0 Å². The van der Waals surface area contributed by atoms with Gasteiger partial charge in [-0.05, 0) is 0 Å². The summed E-state index contributed by atoms with van der Waals surface area (Å²) in [6, 6.07) is 0. The van der Waals surface area contributed by atoms with E-state index in [9.17, 15) is 14.7 Å². The van der Waals surface area contributed by atoms with Gasteiger partial charge in [-0.3, -0.25) is 4.79 Å². The predicted octanol–water partition coefficient (Wildman–Crippen LogP) is -4.61. The number of hydrogen-bond acceptors (Lipinski definition) is 3. The Balaban J connectivity index is 0. The SMILES string of the molecule is C=C(NC(C)=O)C(=O)[O-].[Na+]. The molecule has 0 aliphatic heterocycles. The van der Waals surface area contributed by atoms with Crippen LogP contribution in [0.15, 0.2) is 12.3 Å². The minimum Gasteiger partial charge on any atom is -0.543 e. The standard InChI is InChI=1S/C5H7NO3.Na/c1-3(5(8)9)6-4(2)7;/h1H2,2H3,(H,6,7)(H,8,9);/q;+1/p-1. The van der Waals surface area contributed by atoms with Crippen molar-refractivity contribution in [2.75, 3.05) is 0 Å². The summed E-state index contributed by atoms with van der Waals surface area (Å²) in [4.78, 5) is 19.9. The van der Waals surface area contributed by atoms with Crippen molar-refractivity contribution in [2.45, 2.75) is 6.92 Å². The second-order valence-electron chi connectivity index (χ2n) is 1.45. The van der Waals surface area contributed by atoms with Crippen molar-refractivity contribution in [1.82, 2.24) is 5.32 Å². The zero-order valence-corrected chi connectivity index (χ0v) is 7.93. The van der Waals surface area contributed by atoms with Gasteiger partial charge in [-0.1, -0.05) is 6.58 Å². The van der Waals surface area contributed by atoms with E-state index in [1.165, 1.54) is 6.92 Å². The maximum Gasteiger partial charge on any atom is 1.00 e. The number of carboxylic acid groups (broad SMARTS) is 1. The van der Waals surface area contributed by atoms with Crippen LogP contribution in [0.3, 0.4) is 0 Å². The Bertz CT molecular complexity index is 166. The van der Waals surface area contributed by atoms with Crippen LogP contribution in [0, 0.1) is 0 Å². The van der Waals surface area contributed by atoms with Crippen LogP contribution in [0.1, 0.15) is 6.92 Å². The summed E-state index contributed by atoms with van der Waals surface area (Å²) in [6.07, 6.45) is 0. The van der Waals surface area contributed by atoms with Gasteiger partial charge in [0.1, 0.15) is 0 Å². The van der Waals surface area contributed by atoms with Crippen molar-refractivity contribution in [3.63, 3.8) is 0 Å². The summed E-state index contributed by atoms with van der Waals surface area (Å²) in [7, 11) is 0. The molecule has 0 bridgehead atoms. The van der Waals surface area contributed by atoms with Crippen molar-refractivity contribution in [2.24, 2.45) is 0 Å².